The van der Waals surface area contributed by atoms with Gasteiger partial charge in [0, 0.05) is 31.4 Å². The third kappa shape index (κ3) is 3.80. The molecule has 7 heteroatoms. The number of carbonyl (C=O) groups excluding carboxylic acids is 1. The maximum atomic E-state index is 12.6. The van der Waals surface area contributed by atoms with Gasteiger partial charge in [-0.15, -0.1) is 24.8 Å². The fourth-order valence-electron chi connectivity index (χ4n) is 2.53. The number of nitrogens with zero attached hydrogens (tertiary/aromatic N) is 3. The van der Waals surface area contributed by atoms with Crippen LogP contribution < -0.4 is 5.32 Å². The highest BCUT2D eigenvalue weighted by Gasteiger charge is 2.24. The predicted octanol–water partition coefficient (Wildman–Crippen LogP) is 2.15. The lowest BCUT2D eigenvalue weighted by Gasteiger charge is -2.31. The van der Waals surface area contributed by atoms with Gasteiger partial charge in [-0.05, 0) is 19.1 Å². The van der Waals surface area contributed by atoms with E-state index in [0.717, 1.165) is 25.3 Å². The van der Waals surface area contributed by atoms with Crippen LogP contribution in [0.5, 0.6) is 0 Å². The number of rotatable bonds is 2. The van der Waals surface area contributed by atoms with Crippen molar-refractivity contribution in [2.24, 2.45) is 0 Å². The zero-order valence-electron chi connectivity index (χ0n) is 12.3. The summed E-state index contributed by atoms with van der Waals surface area (Å²) in [6.07, 6.45) is 3.33. The third-order valence-corrected chi connectivity index (χ3v) is 3.55. The normalized spacial score (nSPS) is 17.3. The molecule has 1 unspecified atom stereocenters. The molecule has 22 heavy (non-hydrogen) atoms. The van der Waals surface area contributed by atoms with Crippen LogP contribution in [0.3, 0.4) is 0 Å². The van der Waals surface area contributed by atoms with Crippen LogP contribution in [0.15, 0.2) is 42.9 Å². The van der Waals surface area contributed by atoms with E-state index in [4.69, 9.17) is 0 Å². The van der Waals surface area contributed by atoms with Crippen LogP contribution in [0.2, 0.25) is 0 Å². The van der Waals surface area contributed by atoms with Gasteiger partial charge in [0.15, 0.2) is 0 Å². The van der Waals surface area contributed by atoms with E-state index in [1.807, 2.05) is 39.8 Å². The van der Waals surface area contributed by atoms with Gasteiger partial charge in [0.1, 0.15) is 5.69 Å². The summed E-state index contributed by atoms with van der Waals surface area (Å²) in [5.41, 5.74) is 1.57. The minimum atomic E-state index is 0. The Morgan fingerprint density at radius 1 is 1.27 bits per heavy atom. The first-order valence-corrected chi connectivity index (χ1v) is 6.86. The summed E-state index contributed by atoms with van der Waals surface area (Å²) in [7, 11) is 0. The number of nitrogens with one attached hydrogen (secondary N) is 1. The van der Waals surface area contributed by atoms with Crippen LogP contribution in [0, 0.1) is 0 Å². The lowest BCUT2D eigenvalue weighted by atomic mass is 10.2. The van der Waals surface area contributed by atoms with E-state index in [9.17, 15) is 4.79 Å². The van der Waals surface area contributed by atoms with Gasteiger partial charge >= 0.3 is 0 Å². The summed E-state index contributed by atoms with van der Waals surface area (Å²) in [6, 6.07) is 10.1. The molecule has 120 valence electrons. The van der Waals surface area contributed by atoms with E-state index in [1.165, 1.54) is 0 Å². The van der Waals surface area contributed by atoms with Gasteiger partial charge in [-0.1, -0.05) is 18.2 Å². The van der Waals surface area contributed by atoms with Crippen molar-refractivity contribution in [2.75, 3.05) is 19.6 Å². The molecule has 2 aromatic rings. The average Bonchev–Trinajstić information content (AvgIpc) is 2.97. The lowest BCUT2D eigenvalue weighted by Crippen LogP contribution is -2.51. The van der Waals surface area contributed by atoms with E-state index in [0.29, 0.717) is 11.7 Å². The average molecular weight is 343 g/mol. The first-order chi connectivity index (χ1) is 9.75. The second-order valence-electron chi connectivity index (χ2n) is 5.09. The fraction of sp³-hybridized carbons (Fsp3) is 0.333. The number of hydrogen-bond donors (Lipinski definition) is 1. The van der Waals surface area contributed by atoms with Crippen molar-refractivity contribution in [3.05, 3.63) is 48.5 Å². The molecule has 0 saturated carbocycles. The van der Waals surface area contributed by atoms with E-state index >= 15 is 0 Å². The molecule has 1 N–H and O–H groups in total. The maximum Gasteiger partial charge on any atom is 0.272 e. The summed E-state index contributed by atoms with van der Waals surface area (Å²) in [5, 5.41) is 3.34. The maximum absolute atomic E-state index is 12.6. The summed E-state index contributed by atoms with van der Waals surface area (Å²) in [5.74, 6) is 0.0414. The Kier molecular flexibility index (Phi) is 6.87. The molecule has 0 spiro atoms. The summed E-state index contributed by atoms with van der Waals surface area (Å²) in [6.45, 7) is 4.41. The largest absolute Gasteiger partial charge is 0.334 e. The molecule has 0 bridgehead atoms. The van der Waals surface area contributed by atoms with Crippen molar-refractivity contribution >= 4 is 30.7 Å². The van der Waals surface area contributed by atoms with Crippen LogP contribution in [-0.2, 0) is 0 Å². The van der Waals surface area contributed by atoms with E-state index in [2.05, 4.69) is 17.2 Å². The molecular formula is C15H20Cl2N4O. The van der Waals surface area contributed by atoms with Gasteiger partial charge in [-0.2, -0.15) is 0 Å². The molecule has 5 nitrogen and oxygen atoms in total. The number of carbonyl (C=O) groups is 1. The zero-order chi connectivity index (χ0) is 13.9. The molecule has 1 aliphatic rings. The standard InChI is InChI=1S/C15H18N4O.2ClH/c1-12-10-18(8-7-17-12)15(20)14-9-16-11-19(14)13-5-3-2-4-6-13;;/h2-6,9,11-12,17H,7-8,10H2,1H3;2*1H. The number of halogens is 2. The van der Waals surface area contributed by atoms with Crippen molar-refractivity contribution in [3.8, 4) is 5.69 Å². The molecule has 1 fully saturated rings. The molecule has 0 radical (unpaired) electrons. The lowest BCUT2D eigenvalue weighted by molar-refractivity contribution is 0.0701. The summed E-state index contributed by atoms with van der Waals surface area (Å²) < 4.78 is 1.84. The van der Waals surface area contributed by atoms with Gasteiger partial charge in [-0.3, -0.25) is 9.36 Å². The van der Waals surface area contributed by atoms with E-state index in [1.54, 1.807) is 12.5 Å². The van der Waals surface area contributed by atoms with Crippen LogP contribution in [-0.4, -0.2) is 46.0 Å². The third-order valence-electron chi connectivity index (χ3n) is 3.55. The highest BCUT2D eigenvalue weighted by Crippen LogP contribution is 2.13. The minimum absolute atomic E-state index is 0. The predicted molar refractivity (Wildman–Crippen MR) is 91.4 cm³/mol. The first kappa shape index (κ1) is 18.5. The van der Waals surface area contributed by atoms with Crippen molar-refractivity contribution in [1.82, 2.24) is 19.8 Å². The van der Waals surface area contributed by atoms with Gasteiger partial charge in [0.2, 0.25) is 0 Å². The van der Waals surface area contributed by atoms with Crippen LogP contribution in [0.4, 0.5) is 0 Å². The number of hydrogen-bond acceptors (Lipinski definition) is 3. The number of benzene rings is 1. The van der Waals surface area contributed by atoms with Gasteiger partial charge in [-0.25, -0.2) is 4.98 Å². The fourth-order valence-corrected chi connectivity index (χ4v) is 2.53. The smallest absolute Gasteiger partial charge is 0.272 e. The molecule has 0 aliphatic carbocycles. The Labute approximate surface area is 142 Å². The quantitative estimate of drug-likeness (QED) is 0.909. The van der Waals surface area contributed by atoms with E-state index < -0.39 is 0 Å². The number of aromatic nitrogens is 2. The van der Waals surface area contributed by atoms with Crippen molar-refractivity contribution < 1.29 is 4.79 Å². The Bertz CT molecular complexity index is 603. The number of para-hydroxylation sites is 1. The molecule has 1 amide bonds. The molecule has 2 heterocycles. The van der Waals surface area contributed by atoms with Gasteiger partial charge < -0.3 is 10.2 Å². The second-order valence-corrected chi connectivity index (χ2v) is 5.09. The highest BCUT2D eigenvalue weighted by molar-refractivity contribution is 5.93. The Morgan fingerprint density at radius 2 is 2.00 bits per heavy atom. The monoisotopic (exact) mass is 342 g/mol. The topological polar surface area (TPSA) is 50.2 Å². The zero-order valence-corrected chi connectivity index (χ0v) is 13.9. The van der Waals surface area contributed by atoms with Crippen molar-refractivity contribution in [3.63, 3.8) is 0 Å². The van der Waals surface area contributed by atoms with E-state index in [-0.39, 0.29) is 30.7 Å². The molecule has 1 aliphatic heterocycles. The van der Waals surface area contributed by atoms with Gasteiger partial charge in [0.05, 0.1) is 12.5 Å². The second kappa shape index (κ2) is 8.17. The van der Waals surface area contributed by atoms with Crippen molar-refractivity contribution in [1.29, 1.82) is 0 Å². The SMILES string of the molecule is CC1CN(C(=O)c2cncn2-c2ccccc2)CCN1.Cl.Cl. The first-order valence-electron chi connectivity index (χ1n) is 6.86. The molecule has 1 aromatic carbocycles. The highest BCUT2D eigenvalue weighted by atomic mass is 35.5. The van der Waals surface area contributed by atoms with Crippen LogP contribution >= 0.6 is 24.8 Å². The number of piperazine rings is 1. The van der Waals surface area contributed by atoms with Gasteiger partial charge in [0.25, 0.3) is 5.91 Å². The molecule has 3 rings (SSSR count). The Balaban J connectivity index is 0.00000121. The molecule has 1 aromatic heterocycles. The van der Waals surface area contributed by atoms with Crippen LogP contribution in [0.25, 0.3) is 5.69 Å². The van der Waals surface area contributed by atoms with Crippen molar-refractivity contribution in [2.45, 2.75) is 13.0 Å². The molecular weight excluding hydrogens is 323 g/mol. The number of imidazole rings is 1. The molecule has 1 atom stereocenters. The Hall–Kier alpha value is -1.56. The minimum Gasteiger partial charge on any atom is -0.334 e. The summed E-state index contributed by atoms with van der Waals surface area (Å²) in [4.78, 5) is 18.7. The number of amides is 1. The molecule has 1 saturated heterocycles. The Morgan fingerprint density at radius 3 is 2.68 bits per heavy atom. The summed E-state index contributed by atoms with van der Waals surface area (Å²) >= 11 is 0. The van der Waals surface area contributed by atoms with Crippen LogP contribution in [0.1, 0.15) is 17.4 Å².